The van der Waals surface area contributed by atoms with E-state index >= 15 is 0 Å². The van der Waals surface area contributed by atoms with Crippen LogP contribution in [0.4, 0.5) is 0 Å². The second kappa shape index (κ2) is 7.18. The van der Waals surface area contributed by atoms with E-state index in [1.54, 1.807) is 0 Å². The van der Waals surface area contributed by atoms with Gasteiger partial charge in [0.05, 0.1) is 24.9 Å². The number of ether oxygens (including phenoxy) is 2. The van der Waals surface area contributed by atoms with Crippen LogP contribution in [0.2, 0.25) is 0 Å². The summed E-state index contributed by atoms with van der Waals surface area (Å²) in [6.45, 7) is 5.04. The molecule has 1 aromatic carbocycles. The Morgan fingerprint density at radius 1 is 1.25 bits per heavy atom. The first-order chi connectivity index (χ1) is 9.80. The zero-order valence-corrected chi connectivity index (χ0v) is 12.3. The number of aromatic nitrogens is 2. The van der Waals surface area contributed by atoms with Gasteiger partial charge in [-0.25, -0.2) is 5.43 Å². The van der Waals surface area contributed by atoms with Crippen LogP contribution < -0.4 is 20.7 Å². The Morgan fingerprint density at radius 2 is 2.00 bits per heavy atom. The molecule has 108 valence electrons. The van der Waals surface area contributed by atoms with Gasteiger partial charge in [0, 0.05) is 5.38 Å². The summed E-state index contributed by atoms with van der Waals surface area (Å²) in [5.41, 5.74) is 4.48. The first-order valence-electron chi connectivity index (χ1n) is 6.42. The summed E-state index contributed by atoms with van der Waals surface area (Å²) in [6.07, 6.45) is 0. The highest BCUT2D eigenvalue weighted by atomic mass is 32.1. The Kier molecular flexibility index (Phi) is 5.28. The Morgan fingerprint density at radius 3 is 2.60 bits per heavy atom. The molecule has 0 amide bonds. The zero-order chi connectivity index (χ0) is 14.4. The molecule has 0 radical (unpaired) electrons. The summed E-state index contributed by atoms with van der Waals surface area (Å²) in [5, 5.41) is 5.91. The third-order valence-electron chi connectivity index (χ3n) is 2.74. The van der Waals surface area contributed by atoms with Crippen molar-refractivity contribution in [3.05, 3.63) is 34.8 Å². The number of nitrogens with one attached hydrogen (secondary N) is 1. The summed E-state index contributed by atoms with van der Waals surface area (Å²) in [5.74, 6) is 7.06. The van der Waals surface area contributed by atoms with Crippen molar-refractivity contribution < 1.29 is 9.47 Å². The molecule has 0 aliphatic rings. The molecule has 0 saturated carbocycles. The topological polar surface area (TPSA) is 82.3 Å². The summed E-state index contributed by atoms with van der Waals surface area (Å²) in [7, 11) is 0. The predicted molar refractivity (Wildman–Crippen MR) is 77.9 cm³/mol. The standard InChI is InChI=1S/C13H18N4O2S/c1-3-18-11-6-5-9(7-12(11)19-4-2)13(15-14)10-8-20-17-16-10/h5-8,13,15H,3-4,14H2,1-2H3. The number of benzene rings is 1. The van der Waals surface area contributed by atoms with Gasteiger partial charge < -0.3 is 9.47 Å². The Balaban J connectivity index is 2.33. The molecule has 1 aromatic heterocycles. The normalized spacial score (nSPS) is 12.2. The van der Waals surface area contributed by atoms with E-state index in [0.717, 1.165) is 17.0 Å². The molecule has 0 aliphatic heterocycles. The molecule has 20 heavy (non-hydrogen) atoms. The highest BCUT2D eigenvalue weighted by molar-refractivity contribution is 7.03. The molecule has 0 aliphatic carbocycles. The molecule has 2 rings (SSSR count). The zero-order valence-electron chi connectivity index (χ0n) is 11.5. The molecular weight excluding hydrogens is 276 g/mol. The molecule has 1 atom stereocenters. The van der Waals surface area contributed by atoms with Crippen LogP contribution in [0.15, 0.2) is 23.6 Å². The number of hydrogen-bond donors (Lipinski definition) is 2. The number of hydrogen-bond acceptors (Lipinski definition) is 7. The first kappa shape index (κ1) is 14.7. The van der Waals surface area contributed by atoms with Gasteiger partial charge in [-0.1, -0.05) is 10.6 Å². The lowest BCUT2D eigenvalue weighted by Gasteiger charge is -2.17. The van der Waals surface area contributed by atoms with Crippen molar-refractivity contribution >= 4 is 11.5 Å². The van der Waals surface area contributed by atoms with Gasteiger partial charge >= 0.3 is 0 Å². The third-order valence-corrected chi connectivity index (χ3v) is 3.26. The maximum atomic E-state index is 5.63. The molecule has 3 N–H and O–H groups in total. The first-order valence-corrected chi connectivity index (χ1v) is 7.26. The molecule has 0 spiro atoms. The van der Waals surface area contributed by atoms with E-state index in [2.05, 4.69) is 15.0 Å². The van der Waals surface area contributed by atoms with Crippen LogP contribution in [0, 0.1) is 0 Å². The predicted octanol–water partition coefficient (Wildman–Crippen LogP) is 1.89. The monoisotopic (exact) mass is 294 g/mol. The molecule has 7 heteroatoms. The third kappa shape index (κ3) is 3.24. The van der Waals surface area contributed by atoms with E-state index in [1.807, 2.05) is 37.4 Å². The van der Waals surface area contributed by atoms with Gasteiger partial charge in [-0.05, 0) is 43.1 Å². The molecule has 0 bridgehead atoms. The van der Waals surface area contributed by atoms with E-state index in [9.17, 15) is 0 Å². The molecule has 1 heterocycles. The number of nitrogens with two attached hydrogens (primary N) is 1. The highest BCUT2D eigenvalue weighted by Gasteiger charge is 2.17. The Bertz CT molecular complexity index is 533. The maximum absolute atomic E-state index is 5.63. The minimum atomic E-state index is -0.219. The van der Waals surface area contributed by atoms with Crippen molar-refractivity contribution in [2.45, 2.75) is 19.9 Å². The van der Waals surface area contributed by atoms with E-state index in [-0.39, 0.29) is 6.04 Å². The van der Waals surface area contributed by atoms with Crippen LogP contribution in [-0.2, 0) is 0 Å². The van der Waals surface area contributed by atoms with Gasteiger partial charge in [-0.2, -0.15) is 0 Å². The van der Waals surface area contributed by atoms with E-state index in [4.69, 9.17) is 15.3 Å². The van der Waals surface area contributed by atoms with Gasteiger partial charge in [0.15, 0.2) is 11.5 Å². The van der Waals surface area contributed by atoms with E-state index in [0.29, 0.717) is 19.0 Å². The van der Waals surface area contributed by atoms with Crippen LogP contribution >= 0.6 is 11.5 Å². The number of nitrogens with zero attached hydrogens (tertiary/aromatic N) is 2. The molecular formula is C13H18N4O2S. The molecule has 6 nitrogen and oxygen atoms in total. The molecule has 0 fully saturated rings. The average molecular weight is 294 g/mol. The average Bonchev–Trinajstić information content (AvgIpc) is 2.97. The van der Waals surface area contributed by atoms with E-state index in [1.165, 1.54) is 11.5 Å². The van der Waals surface area contributed by atoms with Crippen molar-refractivity contribution in [3.8, 4) is 11.5 Å². The molecule has 1 unspecified atom stereocenters. The largest absolute Gasteiger partial charge is 0.490 e. The van der Waals surface area contributed by atoms with E-state index < -0.39 is 0 Å². The van der Waals surface area contributed by atoms with Crippen molar-refractivity contribution in [1.82, 2.24) is 15.0 Å². The van der Waals surface area contributed by atoms with Crippen LogP contribution in [0.25, 0.3) is 0 Å². The number of rotatable bonds is 7. The van der Waals surface area contributed by atoms with Crippen molar-refractivity contribution in [2.24, 2.45) is 5.84 Å². The van der Waals surface area contributed by atoms with Gasteiger partial charge in [0.25, 0.3) is 0 Å². The second-order valence-corrected chi connectivity index (χ2v) is 4.61. The van der Waals surface area contributed by atoms with Gasteiger partial charge in [0.2, 0.25) is 0 Å². The van der Waals surface area contributed by atoms with Crippen LogP contribution in [-0.4, -0.2) is 22.8 Å². The SMILES string of the molecule is CCOc1ccc(C(NN)c2csnn2)cc1OCC. The summed E-state index contributed by atoms with van der Waals surface area (Å²) >= 11 is 1.29. The fraction of sp³-hybridized carbons (Fsp3) is 0.385. The lowest BCUT2D eigenvalue weighted by atomic mass is 10.0. The van der Waals surface area contributed by atoms with Gasteiger partial charge in [-0.3, -0.25) is 5.84 Å². The van der Waals surface area contributed by atoms with Crippen molar-refractivity contribution in [1.29, 1.82) is 0 Å². The Hall–Kier alpha value is -1.70. The van der Waals surface area contributed by atoms with Crippen molar-refractivity contribution in [2.75, 3.05) is 13.2 Å². The molecule has 0 saturated heterocycles. The lowest BCUT2D eigenvalue weighted by molar-refractivity contribution is 0.287. The van der Waals surface area contributed by atoms with Crippen LogP contribution in [0.5, 0.6) is 11.5 Å². The fourth-order valence-electron chi connectivity index (χ4n) is 1.90. The second-order valence-electron chi connectivity index (χ2n) is 4.00. The van der Waals surface area contributed by atoms with Crippen LogP contribution in [0.1, 0.15) is 31.1 Å². The van der Waals surface area contributed by atoms with Crippen LogP contribution in [0.3, 0.4) is 0 Å². The van der Waals surface area contributed by atoms with Crippen molar-refractivity contribution in [3.63, 3.8) is 0 Å². The Labute approximate surface area is 122 Å². The fourth-order valence-corrected chi connectivity index (χ4v) is 2.38. The quantitative estimate of drug-likeness (QED) is 0.599. The summed E-state index contributed by atoms with van der Waals surface area (Å²) in [6, 6.07) is 5.52. The molecule has 2 aromatic rings. The van der Waals surface area contributed by atoms with Gasteiger partial charge in [-0.15, -0.1) is 5.10 Å². The number of hydrazine groups is 1. The minimum Gasteiger partial charge on any atom is -0.490 e. The highest BCUT2D eigenvalue weighted by Crippen LogP contribution is 2.32. The summed E-state index contributed by atoms with van der Waals surface area (Å²) < 4.78 is 15.0. The summed E-state index contributed by atoms with van der Waals surface area (Å²) in [4.78, 5) is 0. The maximum Gasteiger partial charge on any atom is 0.161 e. The minimum absolute atomic E-state index is 0.219. The lowest BCUT2D eigenvalue weighted by Crippen LogP contribution is -2.29. The van der Waals surface area contributed by atoms with Gasteiger partial charge in [0.1, 0.15) is 0 Å². The smallest absolute Gasteiger partial charge is 0.161 e.